The van der Waals surface area contributed by atoms with Crippen LogP contribution in [0.2, 0.25) is 5.02 Å². The van der Waals surface area contributed by atoms with Crippen molar-refractivity contribution in [2.45, 2.75) is 4.83 Å². The predicted molar refractivity (Wildman–Crippen MR) is 90.6 cm³/mol. The van der Waals surface area contributed by atoms with Crippen molar-refractivity contribution in [3.8, 4) is 5.75 Å². The Morgan fingerprint density at radius 2 is 1.74 bits per heavy atom. The molecule has 0 fully saturated rings. The second kappa shape index (κ2) is 6.61. The number of alkyl halides is 1. The molecule has 2 aromatic rings. The summed E-state index contributed by atoms with van der Waals surface area (Å²) in [5.74, 6) is 0.753. The number of benzene rings is 2. The van der Waals surface area contributed by atoms with E-state index in [2.05, 4.69) is 47.8 Å². The molecule has 5 heteroatoms. The van der Waals surface area contributed by atoms with Crippen LogP contribution in [0.25, 0.3) is 0 Å². The second-order valence-corrected chi connectivity index (χ2v) is 7.01. The maximum atomic E-state index is 6.30. The van der Waals surface area contributed by atoms with Crippen molar-refractivity contribution >= 4 is 59.4 Å². The van der Waals surface area contributed by atoms with Gasteiger partial charge in [-0.1, -0.05) is 71.5 Å². The topological polar surface area (TPSA) is 9.23 Å². The van der Waals surface area contributed by atoms with Crippen LogP contribution in [0.1, 0.15) is 16.0 Å². The lowest BCUT2D eigenvalue weighted by Crippen LogP contribution is -1.96. The molecule has 2 aromatic carbocycles. The Labute approximate surface area is 142 Å². The summed E-state index contributed by atoms with van der Waals surface area (Å²) in [7, 11) is 1.63. The Hall–Kier alpha value is -0.0300. The summed E-state index contributed by atoms with van der Waals surface area (Å²) >= 11 is 17.0. The first-order valence-corrected chi connectivity index (χ1v) is 8.33. The van der Waals surface area contributed by atoms with E-state index >= 15 is 0 Å². The molecule has 0 amide bonds. The lowest BCUT2D eigenvalue weighted by atomic mass is 10.0. The fourth-order valence-electron chi connectivity index (χ4n) is 1.71. The number of rotatable bonds is 3. The zero-order valence-corrected chi connectivity index (χ0v) is 15.5. The largest absolute Gasteiger partial charge is 0.497 e. The van der Waals surface area contributed by atoms with Crippen molar-refractivity contribution in [1.29, 1.82) is 0 Å². The van der Waals surface area contributed by atoms with Gasteiger partial charge in [-0.25, -0.2) is 0 Å². The van der Waals surface area contributed by atoms with Crippen LogP contribution in [0, 0.1) is 0 Å². The highest BCUT2D eigenvalue weighted by molar-refractivity contribution is 9.11. The van der Waals surface area contributed by atoms with Gasteiger partial charge in [-0.15, -0.1) is 0 Å². The van der Waals surface area contributed by atoms with Gasteiger partial charge in [-0.05, 0) is 35.4 Å². The highest BCUT2D eigenvalue weighted by atomic mass is 79.9. The van der Waals surface area contributed by atoms with Crippen LogP contribution in [0.4, 0.5) is 0 Å². The van der Waals surface area contributed by atoms with Gasteiger partial charge in [0.1, 0.15) is 5.75 Å². The fourth-order valence-corrected chi connectivity index (χ4v) is 4.51. The molecule has 0 aromatic heterocycles. The maximum absolute atomic E-state index is 6.30. The van der Waals surface area contributed by atoms with Crippen LogP contribution in [-0.2, 0) is 0 Å². The average Bonchev–Trinajstić information content (AvgIpc) is 2.37. The van der Waals surface area contributed by atoms with Crippen molar-refractivity contribution in [2.75, 3.05) is 7.11 Å². The molecule has 0 heterocycles. The molecule has 19 heavy (non-hydrogen) atoms. The Morgan fingerprint density at radius 3 is 2.32 bits per heavy atom. The zero-order valence-electron chi connectivity index (χ0n) is 9.96. The van der Waals surface area contributed by atoms with Crippen LogP contribution in [0.3, 0.4) is 0 Å². The van der Waals surface area contributed by atoms with Crippen molar-refractivity contribution < 1.29 is 4.74 Å². The summed E-state index contributed by atoms with van der Waals surface area (Å²) < 4.78 is 7.21. The maximum Gasteiger partial charge on any atom is 0.120 e. The minimum atomic E-state index is 0.0216. The zero-order chi connectivity index (χ0) is 14.0. The number of halogens is 4. The SMILES string of the molecule is COc1ccc(C(Br)c2ccc(Br)cc2Br)c(Cl)c1. The van der Waals surface area contributed by atoms with Crippen LogP contribution in [0.5, 0.6) is 5.75 Å². The lowest BCUT2D eigenvalue weighted by molar-refractivity contribution is 0.414. The smallest absolute Gasteiger partial charge is 0.120 e. The van der Waals surface area contributed by atoms with Crippen LogP contribution >= 0.6 is 59.4 Å². The van der Waals surface area contributed by atoms with Gasteiger partial charge in [-0.3, -0.25) is 0 Å². The quantitative estimate of drug-likeness (QED) is 0.476. The van der Waals surface area contributed by atoms with E-state index in [1.165, 1.54) is 0 Å². The van der Waals surface area contributed by atoms with Gasteiger partial charge in [-0.2, -0.15) is 0 Å². The van der Waals surface area contributed by atoms with Crippen LogP contribution in [0.15, 0.2) is 45.3 Å². The summed E-state index contributed by atoms with van der Waals surface area (Å²) in [5.41, 5.74) is 2.13. The molecule has 0 radical (unpaired) electrons. The Balaban J connectivity index is 2.41. The normalized spacial score (nSPS) is 12.3. The molecule has 0 bridgehead atoms. The molecule has 1 nitrogen and oxygen atoms in total. The molecule has 1 atom stereocenters. The average molecular weight is 469 g/mol. The predicted octanol–water partition coefficient (Wildman–Crippen LogP) is 6.36. The molecule has 0 N–H and O–H groups in total. The molecule has 2 rings (SSSR count). The van der Waals surface area contributed by atoms with E-state index in [0.29, 0.717) is 5.02 Å². The standard InChI is InChI=1S/C14H10Br3ClO/c1-19-9-3-5-11(13(18)7-9)14(17)10-4-2-8(15)6-12(10)16/h2-7,14H,1H3. The first-order chi connectivity index (χ1) is 9.02. The first kappa shape index (κ1) is 15.4. The molecule has 100 valence electrons. The van der Waals surface area contributed by atoms with Gasteiger partial charge in [0.2, 0.25) is 0 Å². The van der Waals surface area contributed by atoms with Gasteiger partial charge in [0.05, 0.1) is 11.9 Å². The Bertz CT molecular complexity index is 601. The summed E-state index contributed by atoms with van der Waals surface area (Å²) in [6, 6.07) is 11.8. The van der Waals surface area contributed by atoms with E-state index in [0.717, 1.165) is 25.8 Å². The molecule has 0 saturated heterocycles. The monoisotopic (exact) mass is 466 g/mol. The van der Waals surface area contributed by atoms with Crippen molar-refractivity contribution in [1.82, 2.24) is 0 Å². The number of ether oxygens (including phenoxy) is 1. The van der Waals surface area contributed by atoms with Gasteiger partial charge in [0.25, 0.3) is 0 Å². The van der Waals surface area contributed by atoms with Gasteiger partial charge < -0.3 is 4.74 Å². The van der Waals surface area contributed by atoms with E-state index < -0.39 is 0 Å². The third kappa shape index (κ3) is 3.54. The number of methoxy groups -OCH3 is 1. The van der Waals surface area contributed by atoms with Gasteiger partial charge in [0, 0.05) is 14.0 Å². The molecule has 0 spiro atoms. The summed E-state index contributed by atoms with van der Waals surface area (Å²) in [4.78, 5) is 0.0216. The summed E-state index contributed by atoms with van der Waals surface area (Å²) in [6.07, 6.45) is 0. The van der Waals surface area contributed by atoms with Crippen molar-refractivity contribution in [2.24, 2.45) is 0 Å². The highest BCUT2D eigenvalue weighted by Gasteiger charge is 2.17. The molecule has 0 aliphatic rings. The lowest BCUT2D eigenvalue weighted by Gasteiger charge is -2.15. The van der Waals surface area contributed by atoms with E-state index in [4.69, 9.17) is 16.3 Å². The number of hydrogen-bond acceptors (Lipinski definition) is 1. The first-order valence-electron chi connectivity index (χ1n) is 5.45. The Morgan fingerprint density at radius 1 is 1.05 bits per heavy atom. The minimum absolute atomic E-state index is 0.0216. The van der Waals surface area contributed by atoms with Gasteiger partial charge in [0.15, 0.2) is 0 Å². The van der Waals surface area contributed by atoms with Crippen LogP contribution in [-0.4, -0.2) is 7.11 Å². The molecular formula is C14H10Br3ClO. The second-order valence-electron chi connectivity index (χ2n) is 3.92. The molecule has 1 unspecified atom stereocenters. The summed E-state index contributed by atoms with van der Waals surface area (Å²) in [5, 5.41) is 0.677. The van der Waals surface area contributed by atoms with E-state index in [1.807, 2.05) is 36.4 Å². The van der Waals surface area contributed by atoms with Crippen molar-refractivity contribution in [3.05, 3.63) is 61.5 Å². The van der Waals surface area contributed by atoms with Crippen molar-refractivity contribution in [3.63, 3.8) is 0 Å². The van der Waals surface area contributed by atoms with E-state index in [9.17, 15) is 0 Å². The third-order valence-corrected chi connectivity index (χ3v) is 5.21. The summed E-state index contributed by atoms with van der Waals surface area (Å²) in [6.45, 7) is 0. The van der Waals surface area contributed by atoms with E-state index in [-0.39, 0.29) is 4.83 Å². The Kier molecular flexibility index (Phi) is 5.35. The fraction of sp³-hybridized carbons (Fsp3) is 0.143. The molecule has 0 aliphatic heterocycles. The van der Waals surface area contributed by atoms with E-state index in [1.54, 1.807) is 7.11 Å². The molecule has 0 saturated carbocycles. The molecular weight excluding hydrogens is 459 g/mol. The number of hydrogen-bond donors (Lipinski definition) is 0. The van der Waals surface area contributed by atoms with Gasteiger partial charge >= 0.3 is 0 Å². The molecule has 0 aliphatic carbocycles. The minimum Gasteiger partial charge on any atom is -0.497 e. The third-order valence-electron chi connectivity index (χ3n) is 2.72. The highest BCUT2D eigenvalue weighted by Crippen LogP contribution is 2.40. The van der Waals surface area contributed by atoms with Crippen LogP contribution < -0.4 is 4.74 Å².